The van der Waals surface area contributed by atoms with Gasteiger partial charge in [0.25, 0.3) is 11.8 Å². The van der Waals surface area contributed by atoms with E-state index in [2.05, 4.69) is 17.1 Å². The molecule has 1 unspecified atom stereocenters. The number of ether oxygens (including phenoxy) is 1. The minimum atomic E-state index is -0.190. The Labute approximate surface area is 165 Å². The SMILES string of the molecule is CCOc1ccc(NC(=O)c2ccc3c(c2)N(CC)C2CCCN2C3=O)cc1. The molecule has 1 fully saturated rings. The molecule has 6 heteroatoms. The highest BCUT2D eigenvalue weighted by atomic mass is 16.5. The predicted molar refractivity (Wildman–Crippen MR) is 109 cm³/mol. The molecule has 0 aliphatic carbocycles. The van der Waals surface area contributed by atoms with Gasteiger partial charge in [0.2, 0.25) is 0 Å². The van der Waals surface area contributed by atoms with Gasteiger partial charge in [-0.25, -0.2) is 0 Å². The molecule has 0 saturated carbocycles. The molecule has 1 atom stereocenters. The third-order valence-corrected chi connectivity index (χ3v) is 5.41. The fourth-order valence-electron chi connectivity index (χ4n) is 4.10. The van der Waals surface area contributed by atoms with Crippen LogP contribution in [0, 0.1) is 0 Å². The fourth-order valence-corrected chi connectivity index (χ4v) is 4.10. The minimum absolute atomic E-state index is 0.0701. The molecule has 2 heterocycles. The lowest BCUT2D eigenvalue weighted by molar-refractivity contribution is 0.0715. The molecular formula is C22H25N3O3. The first kappa shape index (κ1) is 18.3. The van der Waals surface area contributed by atoms with Crippen LogP contribution in [0.25, 0.3) is 0 Å². The van der Waals surface area contributed by atoms with E-state index in [-0.39, 0.29) is 18.0 Å². The number of fused-ring (bicyclic) bond motifs is 2. The van der Waals surface area contributed by atoms with Crippen LogP contribution in [-0.4, -0.2) is 42.6 Å². The van der Waals surface area contributed by atoms with Crippen LogP contribution >= 0.6 is 0 Å². The number of benzene rings is 2. The summed E-state index contributed by atoms with van der Waals surface area (Å²) in [5, 5.41) is 2.92. The van der Waals surface area contributed by atoms with E-state index in [1.807, 2.05) is 42.2 Å². The Balaban J connectivity index is 1.58. The van der Waals surface area contributed by atoms with Gasteiger partial charge in [0, 0.05) is 24.3 Å². The van der Waals surface area contributed by atoms with Gasteiger partial charge in [-0.05, 0) is 69.2 Å². The maximum Gasteiger partial charge on any atom is 0.257 e. The number of anilines is 2. The molecule has 146 valence electrons. The molecule has 1 saturated heterocycles. The van der Waals surface area contributed by atoms with Crippen LogP contribution in [0.15, 0.2) is 42.5 Å². The zero-order chi connectivity index (χ0) is 19.7. The molecule has 2 aromatic rings. The van der Waals surface area contributed by atoms with Crippen molar-refractivity contribution in [1.82, 2.24) is 4.90 Å². The zero-order valence-corrected chi connectivity index (χ0v) is 16.3. The summed E-state index contributed by atoms with van der Waals surface area (Å²) < 4.78 is 5.43. The Bertz CT molecular complexity index is 894. The summed E-state index contributed by atoms with van der Waals surface area (Å²) in [6.45, 7) is 6.22. The predicted octanol–water partition coefficient (Wildman–Crippen LogP) is 3.74. The highest BCUT2D eigenvalue weighted by molar-refractivity contribution is 6.08. The first-order chi connectivity index (χ1) is 13.6. The van der Waals surface area contributed by atoms with Crippen LogP contribution in [0.1, 0.15) is 47.4 Å². The van der Waals surface area contributed by atoms with Crippen molar-refractivity contribution in [3.8, 4) is 5.75 Å². The van der Waals surface area contributed by atoms with E-state index in [1.165, 1.54) is 0 Å². The highest BCUT2D eigenvalue weighted by Crippen LogP contribution is 2.36. The summed E-state index contributed by atoms with van der Waals surface area (Å²) in [6, 6.07) is 12.7. The molecule has 2 amide bonds. The number of nitrogens with one attached hydrogen (secondary N) is 1. The normalized spacial score (nSPS) is 17.9. The first-order valence-electron chi connectivity index (χ1n) is 9.88. The Morgan fingerprint density at radius 3 is 2.68 bits per heavy atom. The van der Waals surface area contributed by atoms with Crippen molar-refractivity contribution < 1.29 is 14.3 Å². The van der Waals surface area contributed by atoms with Crippen LogP contribution in [0.2, 0.25) is 0 Å². The van der Waals surface area contributed by atoms with E-state index < -0.39 is 0 Å². The Hall–Kier alpha value is -3.02. The number of amides is 2. The molecule has 4 rings (SSSR count). The number of carbonyl (C=O) groups excluding carboxylic acids is 2. The summed E-state index contributed by atoms with van der Waals surface area (Å²) in [5.74, 6) is 0.650. The third kappa shape index (κ3) is 3.19. The van der Waals surface area contributed by atoms with E-state index in [1.54, 1.807) is 12.1 Å². The van der Waals surface area contributed by atoms with E-state index in [0.29, 0.717) is 23.4 Å². The number of nitrogens with zero attached hydrogens (tertiary/aromatic N) is 2. The summed E-state index contributed by atoms with van der Waals surface area (Å²) in [4.78, 5) is 29.7. The lowest BCUT2D eigenvalue weighted by Crippen LogP contribution is -2.52. The number of carbonyl (C=O) groups is 2. The average Bonchev–Trinajstić information content (AvgIpc) is 3.20. The number of rotatable bonds is 5. The van der Waals surface area contributed by atoms with Crippen molar-refractivity contribution in [2.45, 2.75) is 32.9 Å². The fraction of sp³-hybridized carbons (Fsp3) is 0.364. The molecule has 0 radical (unpaired) electrons. The van der Waals surface area contributed by atoms with E-state index in [9.17, 15) is 9.59 Å². The van der Waals surface area contributed by atoms with E-state index in [4.69, 9.17) is 4.74 Å². The van der Waals surface area contributed by atoms with Crippen LogP contribution in [0.4, 0.5) is 11.4 Å². The third-order valence-electron chi connectivity index (χ3n) is 5.41. The Morgan fingerprint density at radius 1 is 1.18 bits per heavy atom. The van der Waals surface area contributed by atoms with Gasteiger partial charge in [-0.2, -0.15) is 0 Å². The average molecular weight is 379 g/mol. The molecule has 28 heavy (non-hydrogen) atoms. The molecule has 0 spiro atoms. The van der Waals surface area contributed by atoms with Crippen molar-refractivity contribution in [3.63, 3.8) is 0 Å². The van der Waals surface area contributed by atoms with Gasteiger partial charge in [0.05, 0.1) is 17.9 Å². The van der Waals surface area contributed by atoms with E-state index in [0.717, 1.165) is 37.4 Å². The summed E-state index contributed by atoms with van der Waals surface area (Å²) in [6.07, 6.45) is 2.10. The van der Waals surface area contributed by atoms with Gasteiger partial charge >= 0.3 is 0 Å². The van der Waals surface area contributed by atoms with E-state index >= 15 is 0 Å². The summed E-state index contributed by atoms with van der Waals surface area (Å²) in [5.41, 5.74) is 2.79. The Morgan fingerprint density at radius 2 is 1.96 bits per heavy atom. The van der Waals surface area contributed by atoms with Gasteiger partial charge in [-0.1, -0.05) is 0 Å². The van der Waals surface area contributed by atoms with Gasteiger partial charge in [0.15, 0.2) is 0 Å². The van der Waals surface area contributed by atoms with Crippen molar-refractivity contribution in [3.05, 3.63) is 53.6 Å². The number of hydrogen-bond donors (Lipinski definition) is 1. The van der Waals surface area contributed by atoms with Gasteiger partial charge in [-0.3, -0.25) is 9.59 Å². The molecule has 6 nitrogen and oxygen atoms in total. The van der Waals surface area contributed by atoms with Crippen molar-refractivity contribution in [2.75, 3.05) is 29.9 Å². The molecular weight excluding hydrogens is 354 g/mol. The summed E-state index contributed by atoms with van der Waals surface area (Å²) >= 11 is 0. The van der Waals surface area contributed by atoms with Crippen LogP contribution in [0.5, 0.6) is 5.75 Å². The molecule has 0 aromatic heterocycles. The van der Waals surface area contributed by atoms with Crippen LogP contribution in [-0.2, 0) is 0 Å². The lowest BCUT2D eigenvalue weighted by atomic mass is 10.0. The first-order valence-corrected chi connectivity index (χ1v) is 9.88. The summed E-state index contributed by atoms with van der Waals surface area (Å²) in [7, 11) is 0. The Kier molecular flexibility index (Phi) is 4.94. The molecule has 2 aliphatic rings. The molecule has 1 N–H and O–H groups in total. The second-order valence-electron chi connectivity index (χ2n) is 7.05. The quantitative estimate of drug-likeness (QED) is 0.860. The topological polar surface area (TPSA) is 61.9 Å². The van der Waals surface area contributed by atoms with Gasteiger partial charge in [0.1, 0.15) is 11.9 Å². The minimum Gasteiger partial charge on any atom is -0.494 e. The highest BCUT2D eigenvalue weighted by Gasteiger charge is 2.39. The van der Waals surface area contributed by atoms with Crippen molar-refractivity contribution in [1.29, 1.82) is 0 Å². The molecule has 0 bridgehead atoms. The standard InChI is InChI=1S/C22H25N3O3/c1-3-24-19-14-15(7-12-18(19)22(27)25-13-5-6-20(24)25)21(26)23-16-8-10-17(11-9-16)28-4-2/h7-12,14,20H,3-6,13H2,1-2H3,(H,23,26). The largest absolute Gasteiger partial charge is 0.494 e. The maximum atomic E-state index is 12.8. The van der Waals surface area contributed by atoms with Crippen molar-refractivity contribution >= 4 is 23.2 Å². The lowest BCUT2D eigenvalue weighted by Gasteiger charge is -2.41. The smallest absolute Gasteiger partial charge is 0.257 e. The van der Waals surface area contributed by atoms with Crippen LogP contribution < -0.4 is 15.0 Å². The number of hydrogen-bond acceptors (Lipinski definition) is 4. The zero-order valence-electron chi connectivity index (χ0n) is 16.3. The molecule has 2 aromatic carbocycles. The second kappa shape index (κ2) is 7.54. The second-order valence-corrected chi connectivity index (χ2v) is 7.05. The monoisotopic (exact) mass is 379 g/mol. The van der Waals surface area contributed by atoms with Crippen molar-refractivity contribution in [2.24, 2.45) is 0 Å². The molecule has 2 aliphatic heterocycles. The maximum absolute atomic E-state index is 12.8. The van der Waals surface area contributed by atoms with Gasteiger partial charge in [-0.15, -0.1) is 0 Å². The van der Waals surface area contributed by atoms with Gasteiger partial charge < -0.3 is 19.9 Å². The van der Waals surface area contributed by atoms with Crippen LogP contribution in [0.3, 0.4) is 0 Å².